The summed E-state index contributed by atoms with van der Waals surface area (Å²) in [5, 5.41) is 7.29. The van der Waals surface area contributed by atoms with E-state index in [9.17, 15) is 4.79 Å². The molecule has 0 aliphatic carbocycles. The van der Waals surface area contributed by atoms with Crippen molar-refractivity contribution >= 4 is 5.91 Å². The molecular weight excluding hydrogens is 302 g/mol. The Morgan fingerprint density at radius 1 is 1.42 bits per heavy atom. The topological polar surface area (TPSA) is 58.2 Å². The van der Waals surface area contributed by atoms with Gasteiger partial charge in [0.2, 0.25) is 5.91 Å². The summed E-state index contributed by atoms with van der Waals surface area (Å²) in [6.07, 6.45) is 3.26. The van der Waals surface area contributed by atoms with Gasteiger partial charge in [-0.15, -0.1) is 0 Å². The van der Waals surface area contributed by atoms with E-state index < -0.39 is 0 Å². The number of methoxy groups -OCH3 is 1. The largest absolute Gasteiger partial charge is 0.497 e. The highest BCUT2D eigenvalue weighted by Gasteiger charge is 2.30. The lowest BCUT2D eigenvalue weighted by atomic mass is 10.0. The summed E-state index contributed by atoms with van der Waals surface area (Å²) in [6.45, 7) is 4.89. The van der Waals surface area contributed by atoms with Crippen LogP contribution in [-0.4, -0.2) is 34.7 Å². The average Bonchev–Trinajstić information content (AvgIpc) is 3.21. The SMILES string of the molecule is COc1cccc([C@H]2CCCN2C(=O)CCc2n[nH]c(C)c2C)c1. The first-order valence-electron chi connectivity index (χ1n) is 8.54. The van der Waals surface area contributed by atoms with E-state index in [-0.39, 0.29) is 11.9 Å². The molecule has 0 bridgehead atoms. The third-order valence-electron chi connectivity index (χ3n) is 4.98. The number of H-pyrrole nitrogens is 1. The summed E-state index contributed by atoms with van der Waals surface area (Å²) in [6, 6.07) is 8.21. The number of rotatable bonds is 5. The summed E-state index contributed by atoms with van der Waals surface area (Å²) in [7, 11) is 1.67. The average molecular weight is 327 g/mol. The number of amides is 1. The van der Waals surface area contributed by atoms with Crippen molar-refractivity contribution in [2.75, 3.05) is 13.7 Å². The Bertz CT molecular complexity index is 723. The van der Waals surface area contributed by atoms with E-state index in [4.69, 9.17) is 4.74 Å². The number of hydrogen-bond acceptors (Lipinski definition) is 3. The molecule has 1 N–H and O–H groups in total. The number of carbonyl (C=O) groups excluding carboxylic acids is 1. The van der Waals surface area contributed by atoms with Crippen LogP contribution in [0.5, 0.6) is 5.75 Å². The number of nitrogens with one attached hydrogen (secondary N) is 1. The highest BCUT2D eigenvalue weighted by Crippen LogP contribution is 2.34. The second-order valence-corrected chi connectivity index (χ2v) is 6.44. The van der Waals surface area contributed by atoms with Crippen LogP contribution in [0.3, 0.4) is 0 Å². The number of aromatic amines is 1. The van der Waals surface area contributed by atoms with Gasteiger partial charge in [0.25, 0.3) is 0 Å². The van der Waals surface area contributed by atoms with Crippen LogP contribution >= 0.6 is 0 Å². The highest BCUT2D eigenvalue weighted by atomic mass is 16.5. The minimum Gasteiger partial charge on any atom is -0.497 e. The number of ether oxygens (including phenoxy) is 1. The van der Waals surface area contributed by atoms with Crippen LogP contribution in [0.15, 0.2) is 24.3 Å². The Morgan fingerprint density at radius 2 is 2.25 bits per heavy atom. The molecule has 2 heterocycles. The molecule has 1 aliphatic heterocycles. The van der Waals surface area contributed by atoms with Gasteiger partial charge in [-0.25, -0.2) is 0 Å². The molecule has 1 aromatic heterocycles. The van der Waals surface area contributed by atoms with Gasteiger partial charge in [0.1, 0.15) is 5.75 Å². The van der Waals surface area contributed by atoms with Crippen molar-refractivity contribution in [3.05, 3.63) is 46.8 Å². The summed E-state index contributed by atoms with van der Waals surface area (Å²) in [5.41, 5.74) is 4.39. The zero-order valence-electron chi connectivity index (χ0n) is 14.6. The van der Waals surface area contributed by atoms with Gasteiger partial charge in [-0.2, -0.15) is 5.10 Å². The molecule has 1 fully saturated rings. The molecule has 1 aromatic carbocycles. The van der Waals surface area contributed by atoms with E-state index in [0.29, 0.717) is 12.8 Å². The van der Waals surface area contributed by atoms with Gasteiger partial charge in [0.15, 0.2) is 0 Å². The Kier molecular flexibility index (Phi) is 4.88. The van der Waals surface area contributed by atoms with Crippen molar-refractivity contribution in [1.29, 1.82) is 0 Å². The molecule has 1 amide bonds. The lowest BCUT2D eigenvalue weighted by Gasteiger charge is -2.25. The normalized spacial score (nSPS) is 17.3. The van der Waals surface area contributed by atoms with Crippen LogP contribution < -0.4 is 4.74 Å². The fourth-order valence-corrected chi connectivity index (χ4v) is 3.41. The molecule has 2 aromatic rings. The molecule has 0 spiro atoms. The van der Waals surface area contributed by atoms with Crippen LogP contribution in [0.2, 0.25) is 0 Å². The van der Waals surface area contributed by atoms with Crippen LogP contribution in [0.1, 0.15) is 47.8 Å². The van der Waals surface area contributed by atoms with Gasteiger partial charge in [-0.1, -0.05) is 12.1 Å². The highest BCUT2D eigenvalue weighted by molar-refractivity contribution is 5.77. The van der Waals surface area contributed by atoms with Crippen molar-refractivity contribution in [2.45, 2.75) is 45.6 Å². The van der Waals surface area contributed by atoms with E-state index in [2.05, 4.69) is 16.3 Å². The van der Waals surface area contributed by atoms with Crippen molar-refractivity contribution < 1.29 is 9.53 Å². The predicted octanol–water partition coefficient (Wildman–Crippen LogP) is 3.33. The fraction of sp³-hybridized carbons (Fsp3) is 0.474. The smallest absolute Gasteiger partial charge is 0.223 e. The van der Waals surface area contributed by atoms with Gasteiger partial charge in [0, 0.05) is 25.1 Å². The minimum atomic E-state index is 0.162. The van der Waals surface area contributed by atoms with E-state index in [1.807, 2.05) is 36.9 Å². The second-order valence-electron chi connectivity index (χ2n) is 6.44. The van der Waals surface area contributed by atoms with E-state index >= 15 is 0 Å². The number of hydrogen-bond donors (Lipinski definition) is 1. The third kappa shape index (κ3) is 3.30. The molecule has 0 radical (unpaired) electrons. The van der Waals surface area contributed by atoms with Crippen molar-refractivity contribution in [3.63, 3.8) is 0 Å². The molecular formula is C19H25N3O2. The molecule has 5 nitrogen and oxygen atoms in total. The molecule has 0 saturated carbocycles. The van der Waals surface area contributed by atoms with Gasteiger partial charge in [-0.3, -0.25) is 9.89 Å². The van der Waals surface area contributed by atoms with Gasteiger partial charge < -0.3 is 9.64 Å². The summed E-state index contributed by atoms with van der Waals surface area (Å²) >= 11 is 0. The molecule has 0 unspecified atom stereocenters. The van der Waals surface area contributed by atoms with E-state index in [1.165, 1.54) is 0 Å². The maximum atomic E-state index is 12.7. The molecule has 1 saturated heterocycles. The van der Waals surface area contributed by atoms with Crippen molar-refractivity contribution in [3.8, 4) is 5.75 Å². The van der Waals surface area contributed by atoms with Crippen LogP contribution in [0.4, 0.5) is 0 Å². The van der Waals surface area contributed by atoms with Crippen LogP contribution in [-0.2, 0) is 11.2 Å². The Hall–Kier alpha value is -2.30. The number of benzene rings is 1. The van der Waals surface area contributed by atoms with Gasteiger partial charge in [-0.05, 0) is 49.9 Å². The molecule has 1 atom stereocenters. The summed E-state index contributed by atoms with van der Waals surface area (Å²) in [5.74, 6) is 1.05. The number of carbonyl (C=O) groups is 1. The Morgan fingerprint density at radius 3 is 2.96 bits per heavy atom. The lowest BCUT2D eigenvalue weighted by molar-refractivity contribution is -0.132. The van der Waals surface area contributed by atoms with E-state index in [1.54, 1.807) is 7.11 Å². The number of aromatic nitrogens is 2. The maximum absolute atomic E-state index is 12.7. The molecule has 128 valence electrons. The van der Waals surface area contributed by atoms with Crippen LogP contribution in [0.25, 0.3) is 0 Å². The quantitative estimate of drug-likeness (QED) is 0.916. The molecule has 3 rings (SSSR count). The molecule has 24 heavy (non-hydrogen) atoms. The van der Waals surface area contributed by atoms with Gasteiger partial charge >= 0.3 is 0 Å². The zero-order valence-corrected chi connectivity index (χ0v) is 14.6. The van der Waals surface area contributed by atoms with E-state index in [0.717, 1.165) is 47.7 Å². The first-order valence-corrected chi connectivity index (χ1v) is 8.54. The minimum absolute atomic E-state index is 0.162. The Labute approximate surface area is 143 Å². The Balaban J connectivity index is 1.68. The third-order valence-corrected chi connectivity index (χ3v) is 4.98. The van der Waals surface area contributed by atoms with Crippen molar-refractivity contribution in [2.24, 2.45) is 0 Å². The standard InChI is InChI=1S/C19H25N3O2/c1-13-14(2)20-21-17(13)9-10-19(23)22-11-5-8-18(22)15-6-4-7-16(12-15)24-3/h4,6-7,12,18H,5,8-11H2,1-3H3,(H,20,21)/t18-/m1/s1. The lowest BCUT2D eigenvalue weighted by Crippen LogP contribution is -2.30. The first kappa shape index (κ1) is 16.6. The maximum Gasteiger partial charge on any atom is 0.223 e. The fourth-order valence-electron chi connectivity index (χ4n) is 3.41. The number of aryl methyl sites for hydroxylation is 2. The molecule has 5 heteroatoms. The summed E-state index contributed by atoms with van der Waals surface area (Å²) < 4.78 is 5.32. The number of nitrogens with zero attached hydrogens (tertiary/aromatic N) is 2. The number of likely N-dealkylation sites (tertiary alicyclic amines) is 1. The van der Waals surface area contributed by atoms with Crippen molar-refractivity contribution in [1.82, 2.24) is 15.1 Å². The first-order chi connectivity index (χ1) is 11.6. The monoisotopic (exact) mass is 327 g/mol. The second kappa shape index (κ2) is 7.07. The summed E-state index contributed by atoms with van der Waals surface area (Å²) in [4.78, 5) is 14.7. The molecule has 1 aliphatic rings. The zero-order chi connectivity index (χ0) is 17.1. The van der Waals surface area contributed by atoms with Crippen LogP contribution in [0, 0.1) is 13.8 Å². The predicted molar refractivity (Wildman–Crippen MR) is 93.1 cm³/mol. The van der Waals surface area contributed by atoms with Gasteiger partial charge in [0.05, 0.1) is 18.8 Å².